The Morgan fingerprint density at radius 1 is 1.09 bits per heavy atom. The van der Waals surface area contributed by atoms with Crippen LogP contribution in [0.1, 0.15) is 30.9 Å². The second-order valence-corrected chi connectivity index (χ2v) is 10.4. The fraction of sp³-hybridized carbons (Fsp3) is 0.458. The van der Waals surface area contributed by atoms with Gasteiger partial charge in [0.15, 0.2) is 0 Å². The molecule has 2 aliphatic rings. The molecule has 34 heavy (non-hydrogen) atoms. The van der Waals surface area contributed by atoms with Gasteiger partial charge in [0.25, 0.3) is 10.0 Å². The van der Waals surface area contributed by atoms with Crippen LogP contribution in [0.5, 0.6) is 5.75 Å². The molecule has 0 N–H and O–H groups in total. The van der Waals surface area contributed by atoms with E-state index < -0.39 is 22.1 Å². The van der Waals surface area contributed by atoms with Crippen molar-refractivity contribution in [1.29, 1.82) is 0 Å². The topological polar surface area (TPSA) is 59.1 Å². The van der Waals surface area contributed by atoms with E-state index in [0.29, 0.717) is 52.0 Å². The summed E-state index contributed by atoms with van der Waals surface area (Å²) in [6, 6.07) is 12.9. The second-order valence-electron chi connectivity index (χ2n) is 8.49. The Balaban J connectivity index is 1.39. The standard InChI is InChI=1S/C24H28F3N2O4S/c1-2-19-5-4-8-22(18-19)34(30,31)29-13-10-23(11-14-29)28(15-16-32-23)12-9-20-6-3-7-21(17-20)33-24(25,26)27/h2-8,17-18H,9-16H2,1H3/q+1. The summed E-state index contributed by atoms with van der Waals surface area (Å²) in [6.45, 7) is 4.37. The molecule has 10 heteroatoms. The number of hydrogen-bond donors (Lipinski definition) is 0. The van der Waals surface area contributed by atoms with Crippen LogP contribution in [0.4, 0.5) is 13.2 Å². The van der Waals surface area contributed by atoms with Crippen molar-refractivity contribution >= 4 is 10.0 Å². The molecule has 0 saturated carbocycles. The number of halogens is 3. The third kappa shape index (κ3) is 5.51. The Morgan fingerprint density at radius 3 is 2.53 bits per heavy atom. The summed E-state index contributed by atoms with van der Waals surface area (Å²) in [5.74, 6) is -0.236. The van der Waals surface area contributed by atoms with Crippen LogP contribution in [0.2, 0.25) is 0 Å². The molecule has 184 valence electrons. The van der Waals surface area contributed by atoms with Gasteiger partial charge < -0.3 is 9.47 Å². The summed E-state index contributed by atoms with van der Waals surface area (Å²) >= 11 is 0. The van der Waals surface area contributed by atoms with E-state index in [1.165, 1.54) is 16.4 Å². The maximum atomic E-state index is 13.1. The maximum absolute atomic E-state index is 13.1. The fourth-order valence-corrected chi connectivity index (χ4v) is 6.16. The van der Waals surface area contributed by atoms with E-state index in [9.17, 15) is 21.6 Å². The Hall–Kier alpha value is -2.27. The molecular formula is C24H28F3N2O4S+. The molecule has 2 aromatic rings. The van der Waals surface area contributed by atoms with Crippen molar-refractivity contribution in [3.05, 3.63) is 66.1 Å². The van der Waals surface area contributed by atoms with Crippen LogP contribution in [0, 0.1) is 6.42 Å². The molecule has 2 aliphatic heterocycles. The van der Waals surface area contributed by atoms with Gasteiger partial charge in [0.1, 0.15) is 21.9 Å². The van der Waals surface area contributed by atoms with Gasteiger partial charge in [0, 0.05) is 58.4 Å². The van der Waals surface area contributed by atoms with Gasteiger partial charge in [-0.25, -0.2) is 8.42 Å². The first-order chi connectivity index (χ1) is 16.1. The predicted octanol–water partition coefficient (Wildman–Crippen LogP) is 4.21. The number of piperidine rings is 1. The molecular weight excluding hydrogens is 469 g/mol. The minimum Gasteiger partial charge on any atom is -0.406 e. The van der Waals surface area contributed by atoms with Crippen LogP contribution in [-0.4, -0.2) is 62.5 Å². The first kappa shape index (κ1) is 24.8. The lowest BCUT2D eigenvalue weighted by Gasteiger charge is -2.43. The number of benzene rings is 2. The molecule has 2 aromatic carbocycles. The van der Waals surface area contributed by atoms with Gasteiger partial charge in [0.05, 0.1) is 12.7 Å². The molecule has 4 rings (SSSR count). The molecule has 0 aliphatic carbocycles. The summed E-state index contributed by atoms with van der Waals surface area (Å²) in [6.07, 6.45) is -1.27. The molecule has 1 spiro atoms. The third-order valence-corrected chi connectivity index (χ3v) is 8.34. The van der Waals surface area contributed by atoms with E-state index in [1.807, 2.05) is 19.4 Å². The van der Waals surface area contributed by atoms with Gasteiger partial charge >= 0.3 is 6.36 Å². The molecule has 2 fully saturated rings. The SMILES string of the molecule is C[CH+]c1cccc(S(=O)(=O)N2CCC3(CC2)OCCN3CCc2cccc(OC(F)(F)F)c2)c1. The van der Waals surface area contributed by atoms with Crippen LogP contribution >= 0.6 is 0 Å². The highest BCUT2D eigenvalue weighted by Gasteiger charge is 2.46. The van der Waals surface area contributed by atoms with Crippen LogP contribution in [0.25, 0.3) is 0 Å². The lowest BCUT2D eigenvalue weighted by Crippen LogP contribution is -2.54. The lowest BCUT2D eigenvalue weighted by molar-refractivity contribution is -0.274. The van der Waals surface area contributed by atoms with E-state index in [-0.39, 0.29) is 10.6 Å². The zero-order valence-corrected chi connectivity index (χ0v) is 19.7. The van der Waals surface area contributed by atoms with Crippen LogP contribution in [-0.2, 0) is 21.2 Å². The van der Waals surface area contributed by atoms with Crippen LogP contribution < -0.4 is 4.74 Å². The normalized spacial score (nSPS) is 19.4. The Bertz CT molecular complexity index is 1100. The highest BCUT2D eigenvalue weighted by atomic mass is 32.2. The fourth-order valence-electron chi connectivity index (χ4n) is 4.66. The first-order valence-electron chi connectivity index (χ1n) is 11.2. The monoisotopic (exact) mass is 497 g/mol. The predicted molar refractivity (Wildman–Crippen MR) is 121 cm³/mol. The van der Waals surface area contributed by atoms with Crippen LogP contribution in [0.15, 0.2) is 53.4 Å². The van der Waals surface area contributed by atoms with E-state index in [0.717, 1.165) is 11.1 Å². The number of ether oxygens (including phenoxy) is 2. The largest absolute Gasteiger partial charge is 0.573 e. The number of hydrogen-bond acceptors (Lipinski definition) is 5. The molecule has 0 bridgehead atoms. The van der Waals surface area contributed by atoms with E-state index >= 15 is 0 Å². The van der Waals surface area contributed by atoms with Crippen molar-refractivity contribution in [2.75, 3.05) is 32.8 Å². The maximum Gasteiger partial charge on any atom is 0.573 e. The molecule has 0 atom stereocenters. The summed E-state index contributed by atoms with van der Waals surface area (Å²) < 4.78 is 75.4. The zero-order chi connectivity index (χ0) is 24.4. The first-order valence-corrected chi connectivity index (χ1v) is 12.7. The summed E-state index contributed by atoms with van der Waals surface area (Å²) in [5.41, 5.74) is 1.03. The third-order valence-electron chi connectivity index (χ3n) is 6.44. The van der Waals surface area contributed by atoms with Crippen molar-refractivity contribution in [3.63, 3.8) is 0 Å². The van der Waals surface area contributed by atoms with Gasteiger partial charge in [-0.1, -0.05) is 12.1 Å². The van der Waals surface area contributed by atoms with E-state index in [4.69, 9.17) is 4.74 Å². The molecule has 2 heterocycles. The van der Waals surface area contributed by atoms with E-state index in [1.54, 1.807) is 30.3 Å². The average molecular weight is 498 g/mol. The van der Waals surface area contributed by atoms with Crippen molar-refractivity contribution in [3.8, 4) is 5.75 Å². The minimum atomic E-state index is -4.73. The zero-order valence-electron chi connectivity index (χ0n) is 18.9. The van der Waals surface area contributed by atoms with Crippen molar-refractivity contribution in [2.45, 2.75) is 43.2 Å². The highest BCUT2D eigenvalue weighted by molar-refractivity contribution is 7.89. The summed E-state index contributed by atoms with van der Waals surface area (Å²) in [5, 5.41) is 0. The molecule has 0 amide bonds. The van der Waals surface area contributed by atoms with Gasteiger partial charge in [-0.05, 0) is 36.2 Å². The highest BCUT2D eigenvalue weighted by Crippen LogP contribution is 2.36. The number of alkyl halides is 3. The van der Waals surface area contributed by atoms with Gasteiger partial charge in [-0.3, -0.25) is 4.90 Å². The Morgan fingerprint density at radius 2 is 1.82 bits per heavy atom. The Labute approximate surface area is 198 Å². The molecule has 0 radical (unpaired) electrons. The van der Waals surface area contributed by atoms with E-state index in [2.05, 4.69) is 9.64 Å². The molecule has 6 nitrogen and oxygen atoms in total. The summed E-state index contributed by atoms with van der Waals surface area (Å²) in [7, 11) is -3.60. The van der Waals surface area contributed by atoms with Gasteiger partial charge in [-0.15, -0.1) is 13.2 Å². The van der Waals surface area contributed by atoms with Crippen molar-refractivity contribution < 1.29 is 31.1 Å². The van der Waals surface area contributed by atoms with Gasteiger partial charge in [-0.2, -0.15) is 4.31 Å². The number of nitrogens with zero attached hydrogens (tertiary/aromatic N) is 2. The lowest BCUT2D eigenvalue weighted by atomic mass is 9.99. The Kier molecular flexibility index (Phi) is 7.14. The smallest absolute Gasteiger partial charge is 0.406 e. The molecule has 2 saturated heterocycles. The number of sulfonamides is 1. The number of rotatable bonds is 7. The van der Waals surface area contributed by atoms with Crippen molar-refractivity contribution in [1.82, 2.24) is 9.21 Å². The van der Waals surface area contributed by atoms with Gasteiger partial charge in [0.2, 0.25) is 0 Å². The van der Waals surface area contributed by atoms with Crippen molar-refractivity contribution in [2.24, 2.45) is 0 Å². The minimum absolute atomic E-state index is 0.236. The van der Waals surface area contributed by atoms with Crippen LogP contribution in [0.3, 0.4) is 0 Å². The molecule has 0 unspecified atom stereocenters. The quantitative estimate of drug-likeness (QED) is 0.537. The average Bonchev–Trinajstić information content (AvgIpc) is 3.18. The summed E-state index contributed by atoms with van der Waals surface area (Å²) in [4.78, 5) is 2.46. The molecule has 0 aromatic heterocycles. The second kappa shape index (κ2) is 9.77.